The molecule has 3 heteroatoms. The van der Waals surface area contributed by atoms with Crippen molar-refractivity contribution in [2.75, 3.05) is 13.7 Å². The van der Waals surface area contributed by atoms with Crippen LogP contribution >= 0.6 is 0 Å². The Kier molecular flexibility index (Phi) is 4.56. The van der Waals surface area contributed by atoms with Crippen molar-refractivity contribution in [1.82, 2.24) is 5.32 Å². The first kappa shape index (κ1) is 12.9. The molecule has 1 saturated carbocycles. The average molecular weight is 214 g/mol. The van der Waals surface area contributed by atoms with Crippen LogP contribution in [0.15, 0.2) is 0 Å². The van der Waals surface area contributed by atoms with Gasteiger partial charge in [-0.05, 0) is 31.2 Å². The van der Waals surface area contributed by atoms with Crippen LogP contribution in [0, 0.1) is 5.41 Å². The second-order valence-corrected chi connectivity index (χ2v) is 5.74. The van der Waals surface area contributed by atoms with Crippen LogP contribution in [0.25, 0.3) is 0 Å². The zero-order valence-corrected chi connectivity index (χ0v) is 10.5. The first-order chi connectivity index (χ1) is 6.93. The number of nitrogens with one attached hydrogen (secondary N) is 1. The summed E-state index contributed by atoms with van der Waals surface area (Å²) < 4.78 is 5.23. The Morgan fingerprint density at radius 2 is 2.00 bits per heavy atom. The van der Waals surface area contributed by atoms with Crippen LogP contribution in [0.4, 0.5) is 0 Å². The van der Waals surface area contributed by atoms with Crippen LogP contribution in [-0.4, -0.2) is 31.8 Å². The lowest BCUT2D eigenvalue weighted by atomic mass is 9.85. The minimum atomic E-state index is 0.219. The van der Waals surface area contributed by atoms with Crippen LogP contribution in [0.2, 0.25) is 0 Å². The van der Waals surface area contributed by atoms with Crippen molar-refractivity contribution in [3.8, 4) is 0 Å². The van der Waals surface area contributed by atoms with Gasteiger partial charge in [0.05, 0.1) is 6.10 Å². The SMILES string of the molecule is COC1CC(NCCC(N)C(C)(C)C)C1. The lowest BCUT2D eigenvalue weighted by Crippen LogP contribution is -2.47. The van der Waals surface area contributed by atoms with E-state index in [1.54, 1.807) is 7.11 Å². The quantitative estimate of drug-likeness (QED) is 0.729. The van der Waals surface area contributed by atoms with Gasteiger partial charge in [0, 0.05) is 19.2 Å². The van der Waals surface area contributed by atoms with Crippen molar-refractivity contribution in [2.45, 2.75) is 58.2 Å². The molecular formula is C12H26N2O. The van der Waals surface area contributed by atoms with Crippen molar-refractivity contribution >= 4 is 0 Å². The van der Waals surface area contributed by atoms with E-state index in [4.69, 9.17) is 10.5 Å². The highest BCUT2D eigenvalue weighted by Crippen LogP contribution is 2.23. The van der Waals surface area contributed by atoms with E-state index in [9.17, 15) is 0 Å². The van der Waals surface area contributed by atoms with Crippen LogP contribution in [0.1, 0.15) is 40.0 Å². The van der Waals surface area contributed by atoms with Gasteiger partial charge in [-0.3, -0.25) is 0 Å². The predicted molar refractivity (Wildman–Crippen MR) is 63.9 cm³/mol. The van der Waals surface area contributed by atoms with E-state index in [-0.39, 0.29) is 11.5 Å². The molecule has 1 aliphatic rings. The number of rotatable bonds is 5. The molecule has 0 bridgehead atoms. The largest absolute Gasteiger partial charge is 0.381 e. The first-order valence-electron chi connectivity index (χ1n) is 5.95. The van der Waals surface area contributed by atoms with E-state index in [1.165, 1.54) is 0 Å². The van der Waals surface area contributed by atoms with Crippen molar-refractivity contribution in [3.05, 3.63) is 0 Å². The number of hydrogen-bond donors (Lipinski definition) is 2. The van der Waals surface area contributed by atoms with E-state index < -0.39 is 0 Å². The van der Waals surface area contributed by atoms with Gasteiger partial charge in [0.15, 0.2) is 0 Å². The molecule has 0 heterocycles. The molecule has 0 aromatic carbocycles. The zero-order chi connectivity index (χ0) is 11.5. The number of methoxy groups -OCH3 is 1. The zero-order valence-electron chi connectivity index (χ0n) is 10.5. The highest BCUT2D eigenvalue weighted by Gasteiger charge is 2.28. The van der Waals surface area contributed by atoms with E-state index in [1.807, 2.05) is 0 Å². The molecule has 0 spiro atoms. The Morgan fingerprint density at radius 1 is 1.40 bits per heavy atom. The molecule has 1 fully saturated rings. The van der Waals surface area contributed by atoms with E-state index in [0.29, 0.717) is 12.1 Å². The van der Waals surface area contributed by atoms with Crippen molar-refractivity contribution in [2.24, 2.45) is 11.1 Å². The van der Waals surface area contributed by atoms with Crippen LogP contribution in [0.5, 0.6) is 0 Å². The second-order valence-electron chi connectivity index (χ2n) is 5.74. The Balaban J connectivity index is 2.03. The fourth-order valence-electron chi connectivity index (χ4n) is 1.80. The summed E-state index contributed by atoms with van der Waals surface area (Å²) in [6.07, 6.45) is 3.85. The highest BCUT2D eigenvalue weighted by atomic mass is 16.5. The number of ether oxygens (including phenoxy) is 1. The standard InChI is InChI=1S/C12H26N2O/c1-12(2,3)11(13)5-6-14-9-7-10(8-9)15-4/h9-11,14H,5-8,13H2,1-4H3. The summed E-state index contributed by atoms with van der Waals surface area (Å²) in [6.45, 7) is 7.62. The molecule has 3 nitrogen and oxygen atoms in total. The van der Waals surface area contributed by atoms with Crippen LogP contribution < -0.4 is 11.1 Å². The average Bonchev–Trinajstić information content (AvgIpc) is 2.06. The summed E-state index contributed by atoms with van der Waals surface area (Å²) in [4.78, 5) is 0. The summed E-state index contributed by atoms with van der Waals surface area (Å²) in [6, 6.07) is 0.936. The van der Waals surface area contributed by atoms with Crippen LogP contribution in [-0.2, 0) is 4.74 Å². The van der Waals surface area contributed by atoms with Crippen molar-refractivity contribution in [3.63, 3.8) is 0 Å². The van der Waals surface area contributed by atoms with Gasteiger partial charge in [-0.25, -0.2) is 0 Å². The van der Waals surface area contributed by atoms with E-state index in [2.05, 4.69) is 26.1 Å². The molecule has 1 atom stereocenters. The van der Waals surface area contributed by atoms with Crippen LogP contribution in [0.3, 0.4) is 0 Å². The molecule has 90 valence electrons. The molecule has 1 rings (SSSR count). The van der Waals surface area contributed by atoms with E-state index >= 15 is 0 Å². The van der Waals surface area contributed by atoms with Gasteiger partial charge < -0.3 is 15.8 Å². The molecule has 0 aromatic rings. The highest BCUT2D eigenvalue weighted by molar-refractivity contribution is 4.86. The summed E-state index contributed by atoms with van der Waals surface area (Å²) >= 11 is 0. The topological polar surface area (TPSA) is 47.3 Å². The lowest BCUT2D eigenvalue weighted by Gasteiger charge is -2.35. The normalized spacial score (nSPS) is 28.6. The smallest absolute Gasteiger partial charge is 0.0601 e. The third kappa shape index (κ3) is 4.09. The van der Waals surface area contributed by atoms with Gasteiger partial charge in [0.1, 0.15) is 0 Å². The monoisotopic (exact) mass is 214 g/mol. The molecule has 0 aromatic heterocycles. The number of hydrogen-bond acceptors (Lipinski definition) is 3. The lowest BCUT2D eigenvalue weighted by molar-refractivity contribution is 0.0172. The summed E-state index contributed by atoms with van der Waals surface area (Å²) in [7, 11) is 1.79. The molecule has 1 unspecified atom stereocenters. The molecule has 0 radical (unpaired) electrons. The Bertz CT molecular complexity index is 183. The summed E-state index contributed by atoms with van der Waals surface area (Å²) in [5.41, 5.74) is 6.30. The fraction of sp³-hybridized carbons (Fsp3) is 1.00. The first-order valence-corrected chi connectivity index (χ1v) is 5.95. The maximum atomic E-state index is 6.09. The molecule has 1 aliphatic carbocycles. The fourth-order valence-corrected chi connectivity index (χ4v) is 1.80. The summed E-state index contributed by atoms with van der Waals surface area (Å²) in [5.74, 6) is 0. The Labute approximate surface area is 93.8 Å². The number of nitrogens with two attached hydrogens (primary N) is 1. The minimum Gasteiger partial charge on any atom is -0.381 e. The van der Waals surface area contributed by atoms with Gasteiger partial charge in [0.25, 0.3) is 0 Å². The van der Waals surface area contributed by atoms with E-state index in [0.717, 1.165) is 25.8 Å². The Morgan fingerprint density at radius 3 is 2.47 bits per heavy atom. The maximum absolute atomic E-state index is 6.09. The Hall–Kier alpha value is -0.120. The van der Waals surface area contributed by atoms with Gasteiger partial charge in [-0.2, -0.15) is 0 Å². The molecule has 15 heavy (non-hydrogen) atoms. The minimum absolute atomic E-state index is 0.219. The predicted octanol–water partition coefficient (Wildman–Crippen LogP) is 1.52. The third-order valence-corrected chi connectivity index (χ3v) is 3.43. The maximum Gasteiger partial charge on any atom is 0.0601 e. The third-order valence-electron chi connectivity index (χ3n) is 3.43. The molecule has 0 saturated heterocycles. The van der Waals surface area contributed by atoms with Crippen molar-refractivity contribution < 1.29 is 4.74 Å². The molecule has 0 aliphatic heterocycles. The molecular weight excluding hydrogens is 188 g/mol. The van der Waals surface area contributed by atoms with Gasteiger partial charge >= 0.3 is 0 Å². The molecule has 3 N–H and O–H groups in total. The van der Waals surface area contributed by atoms with Gasteiger partial charge in [0.2, 0.25) is 0 Å². The van der Waals surface area contributed by atoms with Gasteiger partial charge in [-0.15, -0.1) is 0 Å². The van der Waals surface area contributed by atoms with Crippen molar-refractivity contribution in [1.29, 1.82) is 0 Å². The molecule has 0 amide bonds. The second kappa shape index (κ2) is 5.28. The summed E-state index contributed by atoms with van der Waals surface area (Å²) in [5, 5.41) is 3.53. The van der Waals surface area contributed by atoms with Gasteiger partial charge in [-0.1, -0.05) is 20.8 Å².